The van der Waals surface area contributed by atoms with Crippen LogP contribution in [0.25, 0.3) is 0 Å². The van der Waals surface area contributed by atoms with Crippen molar-refractivity contribution in [2.24, 2.45) is 0 Å². The van der Waals surface area contributed by atoms with Crippen LogP contribution >= 0.6 is 15.9 Å². The van der Waals surface area contributed by atoms with E-state index in [2.05, 4.69) is 21.2 Å². The fourth-order valence-corrected chi connectivity index (χ4v) is 2.19. The minimum atomic E-state index is -0.637. The number of carbonyl (C=O) groups is 2. The van der Waals surface area contributed by atoms with Crippen molar-refractivity contribution in [2.45, 2.75) is 20.4 Å². The fourth-order valence-electron chi connectivity index (χ4n) is 1.77. The molecule has 0 heterocycles. The third-order valence-corrected chi connectivity index (χ3v) is 3.52. The molecule has 0 aliphatic rings. The van der Waals surface area contributed by atoms with Crippen molar-refractivity contribution in [3.8, 4) is 5.75 Å². The summed E-state index contributed by atoms with van der Waals surface area (Å²) in [5, 5.41) is 2.91. The molecule has 23 heavy (non-hydrogen) atoms. The Morgan fingerprint density at radius 2 is 1.70 bits per heavy atom. The summed E-state index contributed by atoms with van der Waals surface area (Å²) in [6, 6.07) is 7.37. The number of carbonyl (C=O) groups excluding carboxylic acids is 2. The zero-order chi connectivity index (χ0) is 17.2. The van der Waals surface area contributed by atoms with Crippen molar-refractivity contribution in [1.82, 2.24) is 5.32 Å². The number of benzene rings is 1. The molecule has 7 heteroatoms. The van der Waals surface area contributed by atoms with Crippen LogP contribution in [-0.4, -0.2) is 32.3 Å². The summed E-state index contributed by atoms with van der Waals surface area (Å²) < 4.78 is 15.1. The second kappa shape index (κ2) is 9.89. The summed E-state index contributed by atoms with van der Waals surface area (Å²) in [7, 11) is 1.56. The summed E-state index contributed by atoms with van der Waals surface area (Å²) in [5.41, 5.74) is 0.845. The Bertz CT molecular complexity index is 586. The van der Waals surface area contributed by atoms with E-state index >= 15 is 0 Å². The van der Waals surface area contributed by atoms with Crippen molar-refractivity contribution in [2.75, 3.05) is 20.3 Å². The Morgan fingerprint density at radius 3 is 2.30 bits per heavy atom. The molecule has 0 radical (unpaired) electrons. The lowest BCUT2D eigenvalue weighted by atomic mass is 10.2. The molecule has 0 saturated heterocycles. The lowest BCUT2D eigenvalue weighted by Gasteiger charge is -2.14. The van der Waals surface area contributed by atoms with Crippen molar-refractivity contribution < 1.29 is 23.8 Å². The lowest BCUT2D eigenvalue weighted by molar-refractivity contribution is -0.141. The third kappa shape index (κ3) is 5.59. The molecule has 0 spiro atoms. The average molecular weight is 386 g/mol. The highest BCUT2D eigenvalue weighted by Crippen LogP contribution is 2.19. The molecule has 0 bridgehead atoms. The van der Waals surface area contributed by atoms with Crippen LogP contribution in [-0.2, 0) is 25.6 Å². The first-order valence-electron chi connectivity index (χ1n) is 7.14. The Balaban J connectivity index is 2.99. The quantitative estimate of drug-likeness (QED) is 0.547. The predicted molar refractivity (Wildman–Crippen MR) is 89.1 cm³/mol. The number of esters is 2. The second-order valence-electron chi connectivity index (χ2n) is 4.30. The van der Waals surface area contributed by atoms with Gasteiger partial charge >= 0.3 is 11.9 Å². The van der Waals surface area contributed by atoms with Gasteiger partial charge in [0.05, 0.1) is 20.3 Å². The van der Waals surface area contributed by atoms with Crippen LogP contribution in [0.3, 0.4) is 0 Å². The molecular formula is C16H20BrNO5. The van der Waals surface area contributed by atoms with Crippen molar-refractivity contribution in [3.05, 3.63) is 40.0 Å². The van der Waals surface area contributed by atoms with Gasteiger partial charge in [0.25, 0.3) is 0 Å². The number of ether oxygens (including phenoxy) is 3. The van der Waals surface area contributed by atoms with Crippen LogP contribution in [0.5, 0.6) is 5.75 Å². The molecule has 0 aliphatic carbocycles. The molecule has 0 unspecified atom stereocenters. The molecular weight excluding hydrogens is 366 g/mol. The van der Waals surface area contributed by atoms with Crippen molar-refractivity contribution >= 4 is 27.9 Å². The zero-order valence-corrected chi connectivity index (χ0v) is 14.9. The van der Waals surface area contributed by atoms with E-state index in [1.807, 2.05) is 24.3 Å². The van der Waals surface area contributed by atoms with Crippen LogP contribution in [0.4, 0.5) is 0 Å². The van der Waals surface area contributed by atoms with Gasteiger partial charge in [0.15, 0.2) is 0 Å². The monoisotopic (exact) mass is 385 g/mol. The fraction of sp³-hybridized carbons (Fsp3) is 0.375. The van der Waals surface area contributed by atoms with Crippen LogP contribution in [0, 0.1) is 0 Å². The molecule has 126 valence electrons. The van der Waals surface area contributed by atoms with Gasteiger partial charge in [-0.1, -0.05) is 18.2 Å². The Morgan fingerprint density at radius 1 is 1.09 bits per heavy atom. The molecule has 1 N–H and O–H groups in total. The van der Waals surface area contributed by atoms with E-state index in [0.717, 1.165) is 5.56 Å². The number of methoxy groups -OCH3 is 1. The number of rotatable bonds is 8. The molecule has 0 atom stereocenters. The molecule has 1 aromatic rings. The van der Waals surface area contributed by atoms with E-state index in [9.17, 15) is 9.59 Å². The zero-order valence-electron chi connectivity index (χ0n) is 13.3. The average Bonchev–Trinajstić information content (AvgIpc) is 2.55. The van der Waals surface area contributed by atoms with Crippen molar-refractivity contribution in [1.29, 1.82) is 0 Å². The Kier molecular flexibility index (Phi) is 8.18. The van der Waals surface area contributed by atoms with Gasteiger partial charge in [-0.3, -0.25) is 0 Å². The molecule has 0 aromatic heterocycles. The van der Waals surface area contributed by atoms with Crippen LogP contribution in [0.15, 0.2) is 34.4 Å². The molecule has 0 saturated carbocycles. The maximum atomic E-state index is 12.1. The van der Waals surface area contributed by atoms with Gasteiger partial charge in [0.2, 0.25) is 0 Å². The largest absolute Gasteiger partial charge is 0.496 e. The van der Waals surface area contributed by atoms with Gasteiger partial charge in [-0.15, -0.1) is 0 Å². The van der Waals surface area contributed by atoms with Gasteiger partial charge in [-0.2, -0.15) is 0 Å². The first-order chi connectivity index (χ1) is 11.0. The topological polar surface area (TPSA) is 73.9 Å². The summed E-state index contributed by atoms with van der Waals surface area (Å²) >= 11 is 3.10. The highest BCUT2D eigenvalue weighted by molar-refractivity contribution is 9.12. The summed E-state index contributed by atoms with van der Waals surface area (Å²) in [4.78, 5) is 23.9. The van der Waals surface area contributed by atoms with E-state index in [4.69, 9.17) is 14.2 Å². The summed E-state index contributed by atoms with van der Waals surface area (Å²) in [6.45, 7) is 4.06. The van der Waals surface area contributed by atoms with Crippen LogP contribution in [0.1, 0.15) is 19.4 Å². The normalized spacial score (nSPS) is 11.3. The molecule has 6 nitrogen and oxygen atoms in total. The van der Waals surface area contributed by atoms with Gasteiger partial charge in [-0.25, -0.2) is 9.59 Å². The first-order valence-corrected chi connectivity index (χ1v) is 7.94. The smallest absolute Gasteiger partial charge is 0.355 e. The van der Waals surface area contributed by atoms with Gasteiger partial charge in [0.1, 0.15) is 15.9 Å². The van der Waals surface area contributed by atoms with E-state index < -0.39 is 11.9 Å². The van der Waals surface area contributed by atoms with E-state index in [1.165, 1.54) is 0 Å². The van der Waals surface area contributed by atoms with E-state index in [-0.39, 0.29) is 29.9 Å². The summed E-state index contributed by atoms with van der Waals surface area (Å²) in [6.07, 6.45) is 0. The van der Waals surface area contributed by atoms with E-state index in [1.54, 1.807) is 21.0 Å². The Labute approximate surface area is 143 Å². The highest BCUT2D eigenvalue weighted by atomic mass is 79.9. The first kappa shape index (κ1) is 19.0. The standard InChI is InChI=1S/C16H20BrNO5/c1-4-22-15(19)13(17)14(16(20)23-5-2)18-10-11-8-6-7-9-12(11)21-3/h6-9,18H,4-5,10H2,1-3H3/b14-13+. The predicted octanol–water partition coefficient (Wildman–Crippen LogP) is 2.52. The lowest BCUT2D eigenvalue weighted by Crippen LogP contribution is -2.25. The number of para-hydroxylation sites is 1. The molecule has 1 aromatic carbocycles. The molecule has 0 aliphatic heterocycles. The van der Waals surface area contributed by atoms with Gasteiger partial charge in [-0.05, 0) is 35.8 Å². The Hall–Kier alpha value is -2.02. The van der Waals surface area contributed by atoms with Crippen LogP contribution < -0.4 is 10.1 Å². The number of hydrogen-bond donors (Lipinski definition) is 1. The molecule has 0 amide bonds. The number of halogens is 1. The minimum Gasteiger partial charge on any atom is -0.496 e. The number of nitrogens with one attached hydrogen (secondary N) is 1. The highest BCUT2D eigenvalue weighted by Gasteiger charge is 2.21. The number of hydrogen-bond acceptors (Lipinski definition) is 6. The van der Waals surface area contributed by atoms with Gasteiger partial charge < -0.3 is 19.5 Å². The maximum Gasteiger partial charge on any atom is 0.355 e. The summed E-state index contributed by atoms with van der Waals surface area (Å²) in [5.74, 6) is -0.596. The van der Waals surface area contributed by atoms with Crippen LogP contribution in [0.2, 0.25) is 0 Å². The molecule has 0 fully saturated rings. The minimum absolute atomic E-state index is 0.00676. The second-order valence-corrected chi connectivity index (χ2v) is 5.09. The van der Waals surface area contributed by atoms with E-state index in [0.29, 0.717) is 5.75 Å². The molecule has 1 rings (SSSR count). The maximum absolute atomic E-state index is 12.1. The third-order valence-electron chi connectivity index (χ3n) is 2.80. The van der Waals surface area contributed by atoms with Crippen molar-refractivity contribution in [3.63, 3.8) is 0 Å². The SMILES string of the molecule is CCOC(=O)/C(Br)=C(\NCc1ccccc1OC)C(=O)OCC. The van der Waals surface area contributed by atoms with Gasteiger partial charge in [0, 0.05) is 12.1 Å².